The molecule has 1 aromatic rings. The highest BCUT2D eigenvalue weighted by Gasteiger charge is 2.04. The Morgan fingerprint density at radius 3 is 1.83 bits per heavy atom. The highest BCUT2D eigenvalue weighted by atomic mass is 14.5. The van der Waals surface area contributed by atoms with Gasteiger partial charge in [0.15, 0.2) is 0 Å². The van der Waals surface area contributed by atoms with E-state index in [9.17, 15) is 0 Å². The van der Waals surface area contributed by atoms with Crippen molar-refractivity contribution in [2.24, 2.45) is 17.2 Å². The number of hydrogen-bond donors (Lipinski definition) is 3. The fourth-order valence-corrected chi connectivity index (χ4v) is 2.20. The van der Waals surface area contributed by atoms with Gasteiger partial charge in [-0.05, 0) is 74.8 Å². The first-order valence-electron chi connectivity index (χ1n) is 7.02. The molecule has 0 aromatic heterocycles. The quantitative estimate of drug-likeness (QED) is 0.618. The van der Waals surface area contributed by atoms with Crippen molar-refractivity contribution in [1.29, 1.82) is 0 Å². The van der Waals surface area contributed by atoms with E-state index in [2.05, 4.69) is 18.2 Å². The molecule has 102 valence electrons. The highest BCUT2D eigenvalue weighted by molar-refractivity contribution is 5.32. The Morgan fingerprint density at radius 1 is 0.667 bits per heavy atom. The smallest absolute Gasteiger partial charge is 0.00741 e. The largest absolute Gasteiger partial charge is 0.330 e. The monoisotopic (exact) mass is 249 g/mol. The van der Waals surface area contributed by atoms with Gasteiger partial charge >= 0.3 is 0 Å². The summed E-state index contributed by atoms with van der Waals surface area (Å²) in [7, 11) is 0. The maximum Gasteiger partial charge on any atom is -0.00741 e. The van der Waals surface area contributed by atoms with Crippen LogP contribution in [0.4, 0.5) is 0 Å². The van der Waals surface area contributed by atoms with E-state index < -0.39 is 0 Å². The zero-order valence-electron chi connectivity index (χ0n) is 11.3. The van der Waals surface area contributed by atoms with Crippen LogP contribution in [-0.4, -0.2) is 19.6 Å². The fourth-order valence-electron chi connectivity index (χ4n) is 2.20. The van der Waals surface area contributed by atoms with Gasteiger partial charge in [-0.2, -0.15) is 0 Å². The zero-order valence-corrected chi connectivity index (χ0v) is 11.3. The fraction of sp³-hybridized carbons (Fsp3) is 0.600. The van der Waals surface area contributed by atoms with E-state index in [1.807, 2.05) is 0 Å². The van der Waals surface area contributed by atoms with Crippen LogP contribution in [0.3, 0.4) is 0 Å². The van der Waals surface area contributed by atoms with Crippen molar-refractivity contribution in [3.8, 4) is 0 Å². The molecule has 1 rings (SSSR count). The summed E-state index contributed by atoms with van der Waals surface area (Å²) in [6.07, 6.45) is 6.38. The Balaban J connectivity index is 2.74. The van der Waals surface area contributed by atoms with E-state index in [0.29, 0.717) is 0 Å². The molecular formula is C15H27N3. The van der Waals surface area contributed by atoms with Gasteiger partial charge in [-0.3, -0.25) is 0 Å². The third-order valence-corrected chi connectivity index (χ3v) is 3.24. The van der Waals surface area contributed by atoms with Crippen LogP contribution in [0.2, 0.25) is 0 Å². The average Bonchev–Trinajstić information content (AvgIpc) is 2.41. The molecule has 0 aliphatic carbocycles. The first-order chi connectivity index (χ1) is 8.81. The number of rotatable bonds is 9. The first-order valence-corrected chi connectivity index (χ1v) is 7.02. The van der Waals surface area contributed by atoms with E-state index in [1.165, 1.54) is 16.7 Å². The summed E-state index contributed by atoms with van der Waals surface area (Å²) in [4.78, 5) is 0. The first kappa shape index (κ1) is 15.2. The molecule has 0 bridgehead atoms. The average molecular weight is 249 g/mol. The lowest BCUT2D eigenvalue weighted by Crippen LogP contribution is -2.06. The number of hydrogen-bond acceptors (Lipinski definition) is 3. The molecule has 0 fully saturated rings. The Kier molecular flexibility index (Phi) is 7.65. The van der Waals surface area contributed by atoms with Gasteiger partial charge < -0.3 is 17.2 Å². The minimum absolute atomic E-state index is 0.753. The molecular weight excluding hydrogens is 222 g/mol. The van der Waals surface area contributed by atoms with E-state index >= 15 is 0 Å². The number of aryl methyl sites for hydroxylation is 3. The maximum absolute atomic E-state index is 5.61. The summed E-state index contributed by atoms with van der Waals surface area (Å²) in [5.74, 6) is 0. The molecule has 0 amide bonds. The van der Waals surface area contributed by atoms with Crippen molar-refractivity contribution in [1.82, 2.24) is 0 Å². The summed E-state index contributed by atoms with van der Waals surface area (Å²) >= 11 is 0. The van der Waals surface area contributed by atoms with Crippen LogP contribution in [0.5, 0.6) is 0 Å². The molecule has 0 heterocycles. The third kappa shape index (κ3) is 5.17. The van der Waals surface area contributed by atoms with Gasteiger partial charge in [0, 0.05) is 0 Å². The Labute approximate surface area is 111 Å². The molecule has 0 radical (unpaired) electrons. The molecule has 3 nitrogen and oxygen atoms in total. The second-order valence-electron chi connectivity index (χ2n) is 4.78. The van der Waals surface area contributed by atoms with Crippen LogP contribution in [0.1, 0.15) is 36.0 Å². The second kappa shape index (κ2) is 9.09. The van der Waals surface area contributed by atoms with Gasteiger partial charge in [-0.25, -0.2) is 0 Å². The van der Waals surface area contributed by atoms with Gasteiger partial charge in [0.25, 0.3) is 0 Å². The summed E-state index contributed by atoms with van der Waals surface area (Å²) in [6.45, 7) is 2.27. The van der Waals surface area contributed by atoms with Crippen LogP contribution < -0.4 is 17.2 Å². The standard InChI is InChI=1S/C15H27N3/c16-9-1-4-13-7-8-14(5-2-10-17)15(12-13)6-3-11-18/h7-8,12H,1-6,9-11,16-18H2. The van der Waals surface area contributed by atoms with Crippen LogP contribution in [0.15, 0.2) is 18.2 Å². The van der Waals surface area contributed by atoms with Crippen molar-refractivity contribution >= 4 is 0 Å². The topological polar surface area (TPSA) is 78.1 Å². The molecule has 3 heteroatoms. The molecule has 1 aromatic carbocycles. The van der Waals surface area contributed by atoms with Gasteiger partial charge in [0.2, 0.25) is 0 Å². The van der Waals surface area contributed by atoms with Crippen LogP contribution in [0.25, 0.3) is 0 Å². The molecule has 18 heavy (non-hydrogen) atoms. The summed E-state index contributed by atoms with van der Waals surface area (Å²) in [5.41, 5.74) is 21.0. The Hall–Kier alpha value is -0.900. The molecule has 0 aliphatic heterocycles. The normalized spacial score (nSPS) is 10.8. The predicted molar refractivity (Wildman–Crippen MR) is 78.6 cm³/mol. The lowest BCUT2D eigenvalue weighted by atomic mass is 9.95. The number of nitrogens with two attached hydrogens (primary N) is 3. The van der Waals surface area contributed by atoms with Crippen molar-refractivity contribution in [3.05, 3.63) is 34.9 Å². The van der Waals surface area contributed by atoms with Crippen molar-refractivity contribution in [2.45, 2.75) is 38.5 Å². The van der Waals surface area contributed by atoms with Gasteiger partial charge in [-0.15, -0.1) is 0 Å². The summed E-state index contributed by atoms with van der Waals surface area (Å²) < 4.78 is 0. The van der Waals surface area contributed by atoms with E-state index in [0.717, 1.165) is 58.2 Å². The highest BCUT2D eigenvalue weighted by Crippen LogP contribution is 2.17. The van der Waals surface area contributed by atoms with Crippen LogP contribution in [-0.2, 0) is 19.3 Å². The molecule has 6 N–H and O–H groups in total. The second-order valence-corrected chi connectivity index (χ2v) is 4.78. The maximum atomic E-state index is 5.61. The van der Waals surface area contributed by atoms with Crippen LogP contribution in [0, 0.1) is 0 Å². The molecule has 0 saturated heterocycles. The Bertz CT molecular complexity index is 337. The minimum Gasteiger partial charge on any atom is -0.330 e. The Morgan fingerprint density at radius 2 is 1.22 bits per heavy atom. The van der Waals surface area contributed by atoms with E-state index in [4.69, 9.17) is 17.2 Å². The van der Waals surface area contributed by atoms with Crippen molar-refractivity contribution in [2.75, 3.05) is 19.6 Å². The molecule has 0 unspecified atom stereocenters. The molecule has 0 aliphatic rings. The molecule has 0 saturated carbocycles. The SMILES string of the molecule is NCCCc1ccc(CCCN)c(CCCN)c1. The van der Waals surface area contributed by atoms with E-state index in [1.54, 1.807) is 0 Å². The zero-order chi connectivity index (χ0) is 13.2. The van der Waals surface area contributed by atoms with Gasteiger partial charge in [0.05, 0.1) is 0 Å². The van der Waals surface area contributed by atoms with Crippen molar-refractivity contribution in [3.63, 3.8) is 0 Å². The van der Waals surface area contributed by atoms with E-state index in [-0.39, 0.29) is 0 Å². The molecule has 0 spiro atoms. The number of benzene rings is 1. The van der Waals surface area contributed by atoms with Crippen LogP contribution >= 0.6 is 0 Å². The predicted octanol–water partition coefficient (Wildman–Crippen LogP) is 1.36. The van der Waals surface area contributed by atoms with Crippen molar-refractivity contribution < 1.29 is 0 Å². The summed E-state index contributed by atoms with van der Waals surface area (Å²) in [5, 5.41) is 0. The lowest BCUT2D eigenvalue weighted by molar-refractivity contribution is 0.784. The summed E-state index contributed by atoms with van der Waals surface area (Å²) in [6, 6.07) is 6.82. The third-order valence-electron chi connectivity index (χ3n) is 3.24. The van der Waals surface area contributed by atoms with Gasteiger partial charge in [0.1, 0.15) is 0 Å². The molecule has 0 atom stereocenters. The minimum atomic E-state index is 0.753. The lowest BCUT2D eigenvalue weighted by Gasteiger charge is -2.11. The van der Waals surface area contributed by atoms with Gasteiger partial charge in [-0.1, -0.05) is 18.2 Å².